The summed E-state index contributed by atoms with van der Waals surface area (Å²) in [6.45, 7) is 7.39. The van der Waals surface area contributed by atoms with E-state index in [0.29, 0.717) is 34.9 Å². The number of ether oxygens (including phenoxy) is 3. The first-order valence-electron chi connectivity index (χ1n) is 9.66. The molecule has 0 bridgehead atoms. The molecule has 0 unspecified atom stereocenters. The van der Waals surface area contributed by atoms with Crippen molar-refractivity contribution in [3.05, 3.63) is 53.6 Å². The molecule has 0 radical (unpaired) electrons. The van der Waals surface area contributed by atoms with Crippen molar-refractivity contribution in [2.24, 2.45) is 0 Å². The monoisotopic (exact) mass is 401 g/mol. The number of methoxy groups -OCH3 is 2. The van der Waals surface area contributed by atoms with E-state index in [1.807, 2.05) is 0 Å². The van der Waals surface area contributed by atoms with Crippen LogP contribution in [0.4, 0.5) is 5.69 Å². The molecule has 0 aromatic heterocycles. The fraction of sp³-hybridized carbons (Fsp3) is 0.364. The summed E-state index contributed by atoms with van der Waals surface area (Å²) in [5, 5.41) is 2.80. The van der Waals surface area contributed by atoms with Crippen LogP contribution in [0.5, 0.6) is 11.5 Å². The molecule has 0 aliphatic carbocycles. The lowest BCUT2D eigenvalue weighted by atomic mass is 10.1. The van der Waals surface area contributed by atoms with Gasteiger partial charge < -0.3 is 24.4 Å². The molecular formula is C22H29N2O5+. The molecule has 1 amide bonds. The smallest absolute Gasteiger partial charge is 0.338 e. The predicted molar refractivity (Wildman–Crippen MR) is 111 cm³/mol. The molecule has 2 aromatic rings. The van der Waals surface area contributed by atoms with Crippen LogP contribution in [0.2, 0.25) is 0 Å². The number of hydrogen-bond donors (Lipinski definition) is 2. The SMILES string of the molecule is CC[NH+](CC)CCOC(=O)c1ccc(NC(=O)c2ccc(OC)c(OC)c2)cc1. The maximum Gasteiger partial charge on any atom is 0.338 e. The summed E-state index contributed by atoms with van der Waals surface area (Å²) in [5.41, 5.74) is 1.46. The van der Waals surface area contributed by atoms with Gasteiger partial charge in [-0.15, -0.1) is 0 Å². The standard InChI is InChI=1S/C22H28N2O5/c1-5-24(6-2)13-14-29-22(26)16-7-10-18(11-8-16)23-21(25)17-9-12-19(27-3)20(15-17)28-4/h7-12,15H,5-6,13-14H2,1-4H3,(H,23,25)/p+1. The minimum atomic E-state index is -0.366. The second-order valence-electron chi connectivity index (χ2n) is 6.44. The summed E-state index contributed by atoms with van der Waals surface area (Å²) >= 11 is 0. The largest absolute Gasteiger partial charge is 0.493 e. The van der Waals surface area contributed by atoms with Crippen LogP contribution < -0.4 is 19.7 Å². The molecule has 7 nitrogen and oxygen atoms in total. The zero-order valence-corrected chi connectivity index (χ0v) is 17.4. The van der Waals surface area contributed by atoms with E-state index >= 15 is 0 Å². The molecule has 29 heavy (non-hydrogen) atoms. The van der Waals surface area contributed by atoms with Crippen molar-refractivity contribution in [3.8, 4) is 11.5 Å². The quantitative estimate of drug-likeness (QED) is 0.596. The Kier molecular flexibility index (Phi) is 8.48. The van der Waals surface area contributed by atoms with Crippen LogP contribution >= 0.6 is 0 Å². The Balaban J connectivity index is 1.94. The van der Waals surface area contributed by atoms with Gasteiger partial charge in [0.15, 0.2) is 11.5 Å². The number of carbonyl (C=O) groups excluding carboxylic acids is 2. The van der Waals surface area contributed by atoms with Crippen molar-refractivity contribution >= 4 is 17.6 Å². The van der Waals surface area contributed by atoms with Gasteiger partial charge in [-0.1, -0.05) is 0 Å². The number of anilines is 1. The number of amides is 1. The van der Waals surface area contributed by atoms with Crippen molar-refractivity contribution < 1.29 is 28.7 Å². The fourth-order valence-electron chi connectivity index (χ4n) is 2.85. The third-order valence-corrected chi connectivity index (χ3v) is 4.71. The summed E-state index contributed by atoms with van der Waals surface area (Å²) in [6.07, 6.45) is 0. The summed E-state index contributed by atoms with van der Waals surface area (Å²) in [4.78, 5) is 26.0. The van der Waals surface area contributed by atoms with Gasteiger partial charge in [-0.05, 0) is 56.3 Å². The molecule has 7 heteroatoms. The molecule has 0 spiro atoms. The molecule has 2 rings (SSSR count). The lowest BCUT2D eigenvalue weighted by Gasteiger charge is -2.15. The molecule has 0 heterocycles. The van der Waals surface area contributed by atoms with E-state index in [9.17, 15) is 9.59 Å². The normalized spacial score (nSPS) is 10.5. The maximum atomic E-state index is 12.5. The van der Waals surface area contributed by atoms with E-state index in [1.54, 1.807) is 42.5 Å². The summed E-state index contributed by atoms with van der Waals surface area (Å²) in [7, 11) is 3.05. The highest BCUT2D eigenvalue weighted by Crippen LogP contribution is 2.27. The topological polar surface area (TPSA) is 78.3 Å². The Hall–Kier alpha value is -3.06. The number of carbonyl (C=O) groups is 2. The van der Waals surface area contributed by atoms with E-state index in [1.165, 1.54) is 19.1 Å². The van der Waals surface area contributed by atoms with Gasteiger partial charge in [-0.25, -0.2) is 4.79 Å². The summed E-state index contributed by atoms with van der Waals surface area (Å²) in [6, 6.07) is 11.5. The van der Waals surface area contributed by atoms with Crippen LogP contribution in [0.1, 0.15) is 34.6 Å². The Bertz CT molecular complexity index is 816. The highest BCUT2D eigenvalue weighted by molar-refractivity contribution is 6.04. The lowest BCUT2D eigenvalue weighted by Crippen LogP contribution is -3.11. The molecule has 0 saturated carbocycles. The van der Waals surface area contributed by atoms with Gasteiger partial charge in [0.25, 0.3) is 5.91 Å². The first-order chi connectivity index (χ1) is 14.0. The third kappa shape index (κ3) is 6.22. The van der Waals surface area contributed by atoms with Gasteiger partial charge in [-0.2, -0.15) is 0 Å². The van der Waals surface area contributed by atoms with Crippen LogP contribution in [-0.4, -0.2) is 52.3 Å². The zero-order valence-electron chi connectivity index (χ0n) is 17.4. The Morgan fingerprint density at radius 2 is 1.52 bits per heavy atom. The van der Waals surface area contributed by atoms with E-state index in [2.05, 4.69) is 19.2 Å². The molecular weight excluding hydrogens is 372 g/mol. The number of hydrogen-bond acceptors (Lipinski definition) is 5. The fourth-order valence-corrected chi connectivity index (χ4v) is 2.85. The van der Waals surface area contributed by atoms with Crippen LogP contribution in [0, 0.1) is 0 Å². The van der Waals surface area contributed by atoms with Crippen molar-refractivity contribution in [3.63, 3.8) is 0 Å². The van der Waals surface area contributed by atoms with Gasteiger partial charge in [0.1, 0.15) is 13.2 Å². The first-order valence-corrected chi connectivity index (χ1v) is 9.66. The van der Waals surface area contributed by atoms with Crippen molar-refractivity contribution in [1.29, 1.82) is 0 Å². The molecule has 0 aliphatic rings. The van der Waals surface area contributed by atoms with Crippen molar-refractivity contribution in [1.82, 2.24) is 0 Å². The molecule has 0 saturated heterocycles. The number of esters is 1. The number of benzene rings is 2. The molecule has 2 N–H and O–H groups in total. The van der Waals surface area contributed by atoms with Gasteiger partial charge in [0, 0.05) is 11.3 Å². The predicted octanol–water partition coefficient (Wildman–Crippen LogP) is 2.04. The summed E-state index contributed by atoms with van der Waals surface area (Å²) < 4.78 is 15.7. The van der Waals surface area contributed by atoms with Gasteiger partial charge >= 0.3 is 5.97 Å². The average molecular weight is 401 g/mol. The van der Waals surface area contributed by atoms with Gasteiger partial charge in [-0.3, -0.25) is 4.79 Å². The minimum absolute atomic E-state index is 0.288. The second kappa shape index (κ2) is 11.1. The number of quaternary nitrogens is 1. The first kappa shape index (κ1) is 22.2. The van der Waals surface area contributed by atoms with Crippen LogP contribution in [0.3, 0.4) is 0 Å². The van der Waals surface area contributed by atoms with Crippen LogP contribution in [0.25, 0.3) is 0 Å². The molecule has 0 atom stereocenters. The highest BCUT2D eigenvalue weighted by Gasteiger charge is 2.13. The third-order valence-electron chi connectivity index (χ3n) is 4.71. The highest BCUT2D eigenvalue weighted by atomic mass is 16.5. The van der Waals surface area contributed by atoms with Crippen LogP contribution in [-0.2, 0) is 4.74 Å². The Morgan fingerprint density at radius 3 is 2.10 bits per heavy atom. The Labute approximate surface area is 171 Å². The van der Waals surface area contributed by atoms with Crippen LogP contribution in [0.15, 0.2) is 42.5 Å². The number of likely N-dealkylation sites (N-methyl/N-ethyl adjacent to an activating group) is 1. The molecule has 156 valence electrons. The molecule has 0 fully saturated rings. The van der Waals surface area contributed by atoms with Gasteiger partial charge in [0.2, 0.25) is 0 Å². The second-order valence-corrected chi connectivity index (χ2v) is 6.44. The number of nitrogens with one attached hydrogen (secondary N) is 2. The van der Waals surface area contributed by atoms with E-state index < -0.39 is 0 Å². The van der Waals surface area contributed by atoms with E-state index in [4.69, 9.17) is 14.2 Å². The average Bonchev–Trinajstić information content (AvgIpc) is 2.76. The zero-order chi connectivity index (χ0) is 21.2. The molecule has 2 aromatic carbocycles. The number of rotatable bonds is 10. The Morgan fingerprint density at radius 1 is 0.897 bits per heavy atom. The minimum Gasteiger partial charge on any atom is -0.493 e. The maximum absolute atomic E-state index is 12.5. The molecule has 0 aliphatic heterocycles. The van der Waals surface area contributed by atoms with E-state index in [0.717, 1.165) is 19.6 Å². The van der Waals surface area contributed by atoms with Crippen molar-refractivity contribution in [2.75, 3.05) is 45.8 Å². The van der Waals surface area contributed by atoms with Gasteiger partial charge in [0.05, 0.1) is 32.9 Å². The van der Waals surface area contributed by atoms with Crippen molar-refractivity contribution in [2.45, 2.75) is 13.8 Å². The van der Waals surface area contributed by atoms with E-state index in [-0.39, 0.29) is 11.9 Å². The summed E-state index contributed by atoms with van der Waals surface area (Å²) in [5.74, 6) is 0.372. The lowest BCUT2D eigenvalue weighted by molar-refractivity contribution is -0.896.